The van der Waals surface area contributed by atoms with E-state index in [4.69, 9.17) is 4.42 Å². The SMILES string of the molecule is O=C(c1ccc(-c2ccccc2F)o1)N1CCN(c2ccccn2)CC1. The highest BCUT2D eigenvalue weighted by atomic mass is 19.1. The van der Waals surface area contributed by atoms with Gasteiger partial charge in [0.15, 0.2) is 5.76 Å². The van der Waals surface area contributed by atoms with Gasteiger partial charge in [-0.15, -0.1) is 0 Å². The van der Waals surface area contributed by atoms with E-state index in [1.165, 1.54) is 6.07 Å². The number of hydrogen-bond donors (Lipinski definition) is 0. The van der Waals surface area contributed by atoms with Crippen LogP contribution < -0.4 is 4.90 Å². The third-order valence-corrected chi connectivity index (χ3v) is 4.50. The van der Waals surface area contributed by atoms with E-state index in [1.54, 1.807) is 41.4 Å². The van der Waals surface area contributed by atoms with Gasteiger partial charge in [0.1, 0.15) is 17.4 Å². The van der Waals surface area contributed by atoms with Crippen molar-refractivity contribution >= 4 is 11.7 Å². The number of halogens is 1. The van der Waals surface area contributed by atoms with Crippen molar-refractivity contribution < 1.29 is 13.6 Å². The molecule has 1 fully saturated rings. The highest BCUT2D eigenvalue weighted by molar-refractivity contribution is 5.92. The second-order valence-corrected chi connectivity index (χ2v) is 6.11. The molecule has 0 saturated carbocycles. The summed E-state index contributed by atoms with van der Waals surface area (Å²) in [5, 5.41) is 0. The summed E-state index contributed by atoms with van der Waals surface area (Å²) in [6.45, 7) is 2.60. The van der Waals surface area contributed by atoms with Crippen molar-refractivity contribution in [3.05, 3.63) is 72.4 Å². The lowest BCUT2D eigenvalue weighted by molar-refractivity contribution is 0.0715. The lowest BCUT2D eigenvalue weighted by Crippen LogP contribution is -2.49. The zero-order chi connectivity index (χ0) is 17.9. The van der Waals surface area contributed by atoms with Crippen molar-refractivity contribution in [3.63, 3.8) is 0 Å². The molecular weight excluding hydrogens is 333 g/mol. The molecule has 0 bridgehead atoms. The van der Waals surface area contributed by atoms with E-state index in [1.807, 2.05) is 18.2 Å². The minimum atomic E-state index is -0.371. The molecule has 3 heterocycles. The number of piperazine rings is 1. The normalized spacial score (nSPS) is 14.5. The zero-order valence-electron chi connectivity index (χ0n) is 14.1. The smallest absolute Gasteiger partial charge is 0.289 e. The first-order valence-electron chi connectivity index (χ1n) is 8.52. The van der Waals surface area contributed by atoms with Crippen LogP contribution in [0.1, 0.15) is 10.6 Å². The van der Waals surface area contributed by atoms with Gasteiger partial charge >= 0.3 is 0 Å². The predicted octanol–water partition coefficient (Wildman–Crippen LogP) is 3.44. The molecule has 0 aliphatic carbocycles. The van der Waals surface area contributed by atoms with E-state index in [-0.39, 0.29) is 17.5 Å². The second kappa shape index (κ2) is 7.00. The van der Waals surface area contributed by atoms with Gasteiger partial charge < -0.3 is 14.2 Å². The Hall–Kier alpha value is -3.15. The van der Waals surface area contributed by atoms with E-state index in [0.717, 1.165) is 5.82 Å². The van der Waals surface area contributed by atoms with Crippen LogP contribution in [0.5, 0.6) is 0 Å². The second-order valence-electron chi connectivity index (χ2n) is 6.11. The Labute approximate surface area is 150 Å². The van der Waals surface area contributed by atoms with E-state index in [9.17, 15) is 9.18 Å². The van der Waals surface area contributed by atoms with Gasteiger partial charge in [-0.1, -0.05) is 18.2 Å². The third-order valence-electron chi connectivity index (χ3n) is 4.50. The third kappa shape index (κ3) is 3.18. The Kier molecular flexibility index (Phi) is 4.39. The predicted molar refractivity (Wildman–Crippen MR) is 96.5 cm³/mol. The van der Waals surface area contributed by atoms with Crippen LogP contribution in [0.25, 0.3) is 11.3 Å². The van der Waals surface area contributed by atoms with Crippen LogP contribution in [0.15, 0.2) is 65.2 Å². The van der Waals surface area contributed by atoms with Gasteiger partial charge in [-0.2, -0.15) is 0 Å². The molecule has 4 rings (SSSR count). The largest absolute Gasteiger partial charge is 0.451 e. The van der Waals surface area contributed by atoms with Gasteiger partial charge in [-0.3, -0.25) is 4.79 Å². The molecule has 0 unspecified atom stereocenters. The Morgan fingerprint density at radius 1 is 0.962 bits per heavy atom. The lowest BCUT2D eigenvalue weighted by Gasteiger charge is -2.34. The number of aromatic nitrogens is 1. The van der Waals surface area contributed by atoms with E-state index in [0.29, 0.717) is 37.5 Å². The number of amides is 1. The van der Waals surface area contributed by atoms with Crippen molar-refractivity contribution in [3.8, 4) is 11.3 Å². The molecule has 2 aromatic heterocycles. The zero-order valence-corrected chi connectivity index (χ0v) is 14.1. The van der Waals surface area contributed by atoms with E-state index in [2.05, 4.69) is 9.88 Å². The summed E-state index contributed by atoms with van der Waals surface area (Å²) < 4.78 is 19.5. The maximum atomic E-state index is 13.9. The molecule has 1 aliphatic heterocycles. The molecule has 6 heteroatoms. The van der Waals surface area contributed by atoms with Crippen LogP contribution >= 0.6 is 0 Å². The van der Waals surface area contributed by atoms with Crippen molar-refractivity contribution in [2.45, 2.75) is 0 Å². The molecule has 26 heavy (non-hydrogen) atoms. The number of carbonyl (C=O) groups is 1. The van der Waals surface area contributed by atoms with Crippen LogP contribution in [0.4, 0.5) is 10.2 Å². The lowest BCUT2D eigenvalue weighted by atomic mass is 10.1. The minimum Gasteiger partial charge on any atom is -0.451 e. The summed E-state index contributed by atoms with van der Waals surface area (Å²) in [4.78, 5) is 20.9. The average molecular weight is 351 g/mol. The molecule has 1 aromatic carbocycles. The van der Waals surface area contributed by atoms with Gasteiger partial charge in [0.2, 0.25) is 0 Å². The molecule has 0 spiro atoms. The van der Waals surface area contributed by atoms with Gasteiger partial charge in [0.25, 0.3) is 5.91 Å². The number of carbonyl (C=O) groups excluding carboxylic acids is 1. The quantitative estimate of drug-likeness (QED) is 0.725. The fourth-order valence-electron chi connectivity index (χ4n) is 3.09. The van der Waals surface area contributed by atoms with Crippen LogP contribution in [0.3, 0.4) is 0 Å². The number of hydrogen-bond acceptors (Lipinski definition) is 4. The highest BCUT2D eigenvalue weighted by Gasteiger charge is 2.25. The van der Waals surface area contributed by atoms with Gasteiger partial charge in [0, 0.05) is 32.4 Å². The summed E-state index contributed by atoms with van der Waals surface area (Å²) >= 11 is 0. The molecule has 0 N–H and O–H groups in total. The number of furan rings is 1. The molecule has 1 aliphatic rings. The highest BCUT2D eigenvalue weighted by Crippen LogP contribution is 2.25. The van der Waals surface area contributed by atoms with Crippen molar-refractivity contribution in [1.82, 2.24) is 9.88 Å². The van der Waals surface area contributed by atoms with E-state index < -0.39 is 0 Å². The molecule has 5 nitrogen and oxygen atoms in total. The maximum absolute atomic E-state index is 13.9. The summed E-state index contributed by atoms with van der Waals surface area (Å²) in [7, 11) is 0. The van der Waals surface area contributed by atoms with Crippen LogP contribution in [-0.4, -0.2) is 42.0 Å². The van der Waals surface area contributed by atoms with Crippen molar-refractivity contribution in [1.29, 1.82) is 0 Å². The molecular formula is C20H18FN3O2. The molecule has 0 atom stereocenters. The van der Waals surface area contributed by atoms with Crippen molar-refractivity contribution in [2.24, 2.45) is 0 Å². The monoisotopic (exact) mass is 351 g/mol. The number of anilines is 1. The van der Waals surface area contributed by atoms with Crippen LogP contribution in [0, 0.1) is 5.82 Å². The average Bonchev–Trinajstić information content (AvgIpc) is 3.18. The minimum absolute atomic E-state index is 0.173. The van der Waals surface area contributed by atoms with Crippen LogP contribution in [0.2, 0.25) is 0 Å². The molecule has 1 amide bonds. The summed E-state index contributed by atoms with van der Waals surface area (Å²) in [5.74, 6) is 0.964. The molecule has 0 radical (unpaired) electrons. The Morgan fingerprint density at radius 3 is 2.46 bits per heavy atom. The van der Waals surface area contributed by atoms with Crippen molar-refractivity contribution in [2.75, 3.05) is 31.1 Å². The first kappa shape index (κ1) is 16.3. The van der Waals surface area contributed by atoms with E-state index >= 15 is 0 Å². The summed E-state index contributed by atoms with van der Waals surface area (Å²) in [6, 6.07) is 15.4. The Bertz CT molecular complexity index is 902. The standard InChI is InChI=1S/C20H18FN3O2/c21-16-6-2-1-5-15(16)17-8-9-18(26-17)20(25)24-13-11-23(12-14-24)19-7-3-4-10-22-19/h1-10H,11-14H2. The fourth-order valence-corrected chi connectivity index (χ4v) is 3.09. The van der Waals surface area contributed by atoms with Crippen LogP contribution in [-0.2, 0) is 0 Å². The number of benzene rings is 1. The first-order valence-corrected chi connectivity index (χ1v) is 8.52. The fraction of sp³-hybridized carbons (Fsp3) is 0.200. The number of pyridine rings is 1. The maximum Gasteiger partial charge on any atom is 0.289 e. The first-order chi connectivity index (χ1) is 12.7. The number of nitrogens with zero attached hydrogens (tertiary/aromatic N) is 3. The summed E-state index contributed by atoms with van der Waals surface area (Å²) in [5.41, 5.74) is 0.353. The number of rotatable bonds is 3. The van der Waals surface area contributed by atoms with Gasteiger partial charge in [0.05, 0.1) is 5.56 Å². The van der Waals surface area contributed by atoms with Gasteiger partial charge in [-0.05, 0) is 36.4 Å². The molecule has 1 saturated heterocycles. The van der Waals surface area contributed by atoms with Gasteiger partial charge in [-0.25, -0.2) is 9.37 Å². The Balaban J connectivity index is 1.44. The topological polar surface area (TPSA) is 49.6 Å². The molecule has 132 valence electrons. The Morgan fingerprint density at radius 2 is 1.73 bits per heavy atom. The molecule has 3 aromatic rings. The summed E-state index contributed by atoms with van der Waals surface area (Å²) in [6.07, 6.45) is 1.76.